The molecule has 3 aliphatic carbocycles. The van der Waals surface area contributed by atoms with E-state index < -0.39 is 0 Å². The van der Waals surface area contributed by atoms with Crippen LogP contribution in [0.5, 0.6) is 0 Å². The largest absolute Gasteiger partial charge is 0.310 e. The van der Waals surface area contributed by atoms with Gasteiger partial charge in [0.15, 0.2) is 0 Å². The van der Waals surface area contributed by atoms with Crippen LogP contribution >= 0.6 is 0 Å². The molecule has 72 heavy (non-hydrogen) atoms. The molecule has 0 saturated carbocycles. The van der Waals surface area contributed by atoms with Gasteiger partial charge in [0.1, 0.15) is 0 Å². The minimum atomic E-state index is -0.171. The molecule has 0 N–H and O–H groups in total. The van der Waals surface area contributed by atoms with E-state index >= 15 is 0 Å². The first kappa shape index (κ1) is 47.9. The van der Waals surface area contributed by atoms with Crippen LogP contribution in [0, 0.1) is 13.8 Å². The van der Waals surface area contributed by atoms with Crippen LogP contribution in [0.1, 0.15) is 165 Å². The zero-order valence-corrected chi connectivity index (χ0v) is 46.3. The summed E-state index contributed by atoms with van der Waals surface area (Å²) >= 11 is 0. The molecule has 0 spiro atoms. The van der Waals surface area contributed by atoms with E-state index in [0.29, 0.717) is 0 Å². The monoisotopic (exact) mass is 942 g/mol. The lowest BCUT2D eigenvalue weighted by molar-refractivity contribution is 0.584. The molecule has 0 radical (unpaired) electrons. The Balaban J connectivity index is 1.12. The SMILES string of the molecule is Cc1ccc(N(c2cc(-c3ccc4c(c3)C(C)(C)c3cc(C(C)(C)C)ccc3-4)c(C)c(-c3ccc4c(c3)C(C)(C)c3cc(C(C)(C)C)ccc3-4)c2)c2ccc3c(c2)C(C)(C)c2cc(C(C)(C)C)ccc2-3)cc1. The third-order valence-corrected chi connectivity index (χ3v) is 17.4. The van der Waals surface area contributed by atoms with Crippen molar-refractivity contribution in [3.63, 3.8) is 0 Å². The van der Waals surface area contributed by atoms with Gasteiger partial charge in [0.25, 0.3) is 0 Å². The first-order valence-corrected chi connectivity index (χ1v) is 26.6. The van der Waals surface area contributed by atoms with Crippen molar-refractivity contribution in [1.29, 1.82) is 0 Å². The highest BCUT2D eigenvalue weighted by atomic mass is 15.1. The molecule has 0 aromatic heterocycles. The highest BCUT2D eigenvalue weighted by molar-refractivity contribution is 5.93. The summed E-state index contributed by atoms with van der Waals surface area (Å²) in [5, 5.41) is 0. The van der Waals surface area contributed by atoms with Crippen molar-refractivity contribution in [2.75, 3.05) is 4.90 Å². The van der Waals surface area contributed by atoms with Crippen molar-refractivity contribution in [2.45, 2.75) is 150 Å². The van der Waals surface area contributed by atoms with Gasteiger partial charge in [0, 0.05) is 33.3 Å². The van der Waals surface area contributed by atoms with Gasteiger partial charge in [-0.05, 0) is 190 Å². The maximum absolute atomic E-state index is 2.52. The molecule has 0 unspecified atom stereocenters. The average molecular weight is 942 g/mol. The van der Waals surface area contributed by atoms with Gasteiger partial charge >= 0.3 is 0 Å². The molecule has 0 heterocycles. The smallest absolute Gasteiger partial charge is 0.0474 e. The van der Waals surface area contributed by atoms with Gasteiger partial charge in [0.05, 0.1) is 0 Å². The Kier molecular flexibility index (Phi) is 10.5. The number of hydrogen-bond acceptors (Lipinski definition) is 1. The highest BCUT2D eigenvalue weighted by Gasteiger charge is 2.40. The van der Waals surface area contributed by atoms with Gasteiger partial charge in [-0.15, -0.1) is 0 Å². The minimum absolute atomic E-state index is 0.0663. The summed E-state index contributed by atoms with van der Waals surface area (Å²) in [5.74, 6) is 0. The molecule has 0 fully saturated rings. The van der Waals surface area contributed by atoms with Crippen LogP contribution in [0.15, 0.2) is 146 Å². The van der Waals surface area contributed by atoms with Crippen molar-refractivity contribution in [2.24, 2.45) is 0 Å². The van der Waals surface area contributed by atoms with Crippen LogP contribution in [-0.2, 0) is 32.5 Å². The zero-order valence-electron chi connectivity index (χ0n) is 46.3. The van der Waals surface area contributed by atoms with E-state index in [1.165, 1.54) is 117 Å². The molecule has 0 atom stereocenters. The van der Waals surface area contributed by atoms with E-state index in [2.05, 4.69) is 268 Å². The van der Waals surface area contributed by atoms with Crippen LogP contribution in [0.3, 0.4) is 0 Å². The third kappa shape index (κ3) is 7.38. The van der Waals surface area contributed by atoms with Crippen molar-refractivity contribution < 1.29 is 0 Å². The summed E-state index contributed by atoms with van der Waals surface area (Å²) in [6, 6.07) is 57.6. The second-order valence-electron chi connectivity index (χ2n) is 26.5. The van der Waals surface area contributed by atoms with Crippen molar-refractivity contribution in [1.82, 2.24) is 0 Å². The van der Waals surface area contributed by atoms with Crippen LogP contribution in [0.2, 0.25) is 0 Å². The first-order chi connectivity index (χ1) is 33.7. The summed E-state index contributed by atoms with van der Waals surface area (Å²) in [7, 11) is 0. The first-order valence-electron chi connectivity index (χ1n) is 26.6. The van der Waals surface area contributed by atoms with Gasteiger partial charge in [-0.3, -0.25) is 0 Å². The molecule has 0 amide bonds. The number of anilines is 3. The van der Waals surface area contributed by atoms with Crippen molar-refractivity contribution in [3.8, 4) is 55.6 Å². The summed E-state index contributed by atoms with van der Waals surface area (Å²) in [6.07, 6.45) is 0. The van der Waals surface area contributed by atoms with E-state index in [1.54, 1.807) is 0 Å². The van der Waals surface area contributed by atoms with Crippen LogP contribution in [-0.4, -0.2) is 0 Å². The second kappa shape index (κ2) is 15.8. The number of fused-ring (bicyclic) bond motifs is 9. The standard InChI is InChI=1S/C71H75N/c1-42-18-25-49(26-19-42)72(50-27-33-57-56-32-24-48(68(9,10)11)38-64(56)71(16,17)65(57)41-50)51-39-58(44-20-28-52-54-30-22-46(66(3,4)5)36-62(54)69(12,13)60(52)34-44)43(2)59(40-51)45-21-29-53-55-31-23-47(67(6,7)8)37-63(55)70(14,15)61(53)35-45/h18-41H,1-17H3. The predicted molar refractivity (Wildman–Crippen MR) is 310 cm³/mol. The molecular weight excluding hydrogens is 867 g/mol. The summed E-state index contributed by atoms with van der Waals surface area (Å²) in [6.45, 7) is 40.0. The van der Waals surface area contributed by atoms with Crippen LogP contribution < -0.4 is 4.90 Å². The minimum Gasteiger partial charge on any atom is -0.310 e. The second-order valence-corrected chi connectivity index (χ2v) is 26.5. The Morgan fingerprint density at radius 3 is 0.958 bits per heavy atom. The maximum Gasteiger partial charge on any atom is 0.0474 e. The number of rotatable bonds is 5. The Hall–Kier alpha value is -6.44. The lowest BCUT2D eigenvalue weighted by atomic mass is 9.78. The molecule has 8 aromatic carbocycles. The van der Waals surface area contributed by atoms with Gasteiger partial charge in [-0.25, -0.2) is 0 Å². The van der Waals surface area contributed by atoms with E-state index in [-0.39, 0.29) is 32.5 Å². The Bertz CT molecular complexity index is 3400. The van der Waals surface area contributed by atoms with E-state index in [0.717, 1.165) is 17.1 Å². The quantitative estimate of drug-likeness (QED) is 0.166. The summed E-state index contributed by atoms with van der Waals surface area (Å²) in [4.78, 5) is 2.52. The number of benzene rings is 8. The van der Waals surface area contributed by atoms with E-state index in [4.69, 9.17) is 0 Å². The van der Waals surface area contributed by atoms with Crippen LogP contribution in [0.4, 0.5) is 17.1 Å². The molecule has 1 heteroatoms. The Morgan fingerprint density at radius 1 is 0.292 bits per heavy atom. The summed E-state index contributed by atoms with van der Waals surface area (Å²) < 4.78 is 0. The van der Waals surface area contributed by atoms with E-state index in [1.807, 2.05) is 0 Å². The lowest BCUT2D eigenvalue weighted by Gasteiger charge is -2.30. The molecule has 0 aliphatic heterocycles. The van der Waals surface area contributed by atoms with Gasteiger partial charge in [-0.1, -0.05) is 206 Å². The van der Waals surface area contributed by atoms with E-state index in [9.17, 15) is 0 Å². The lowest BCUT2D eigenvalue weighted by Crippen LogP contribution is -2.18. The average Bonchev–Trinajstić information content (AvgIpc) is 3.80. The molecule has 0 saturated heterocycles. The topological polar surface area (TPSA) is 3.24 Å². The van der Waals surface area contributed by atoms with Gasteiger partial charge in [-0.2, -0.15) is 0 Å². The molecular formula is C71H75N. The molecule has 364 valence electrons. The Labute approximate surface area is 432 Å². The summed E-state index contributed by atoms with van der Waals surface area (Å²) in [5.41, 5.74) is 31.4. The highest BCUT2D eigenvalue weighted by Crippen LogP contribution is 2.55. The molecule has 8 aromatic rings. The number of aryl methyl sites for hydroxylation is 1. The Morgan fingerprint density at radius 2 is 0.597 bits per heavy atom. The normalized spacial score (nSPS) is 15.6. The fourth-order valence-corrected chi connectivity index (χ4v) is 12.6. The third-order valence-electron chi connectivity index (χ3n) is 17.4. The van der Waals surface area contributed by atoms with Crippen molar-refractivity contribution in [3.05, 3.63) is 207 Å². The molecule has 3 aliphatic rings. The molecule has 0 bridgehead atoms. The molecule has 1 nitrogen and oxygen atoms in total. The zero-order chi connectivity index (χ0) is 51.4. The van der Waals surface area contributed by atoms with Gasteiger partial charge < -0.3 is 4.90 Å². The fraction of sp³-hybridized carbons (Fsp3) is 0.324. The van der Waals surface area contributed by atoms with Crippen LogP contribution in [0.25, 0.3) is 55.6 Å². The number of nitrogens with zero attached hydrogens (tertiary/aromatic N) is 1. The fourth-order valence-electron chi connectivity index (χ4n) is 12.6. The number of hydrogen-bond donors (Lipinski definition) is 0. The van der Waals surface area contributed by atoms with Gasteiger partial charge in [0.2, 0.25) is 0 Å². The van der Waals surface area contributed by atoms with Crippen molar-refractivity contribution >= 4 is 17.1 Å². The maximum atomic E-state index is 2.52. The molecule has 11 rings (SSSR count). The predicted octanol–water partition coefficient (Wildman–Crippen LogP) is 19.9.